The lowest BCUT2D eigenvalue weighted by atomic mass is 9.89. The van der Waals surface area contributed by atoms with Crippen molar-refractivity contribution in [3.63, 3.8) is 0 Å². The molecule has 4 aromatic rings. The fraction of sp³-hybridized carbons (Fsp3) is 0.342. The van der Waals surface area contributed by atoms with Gasteiger partial charge in [-0.05, 0) is 99.7 Å². The van der Waals surface area contributed by atoms with Crippen LogP contribution < -0.4 is 10.6 Å². The van der Waals surface area contributed by atoms with E-state index in [-0.39, 0.29) is 18.1 Å². The molecule has 0 radical (unpaired) electrons. The van der Waals surface area contributed by atoms with Crippen molar-refractivity contribution in [3.8, 4) is 5.75 Å². The predicted molar refractivity (Wildman–Crippen MR) is 183 cm³/mol. The van der Waals surface area contributed by atoms with Crippen LogP contribution in [0.5, 0.6) is 5.75 Å². The Morgan fingerprint density at radius 3 is 2.11 bits per heavy atom. The molecule has 242 valence electrons. The van der Waals surface area contributed by atoms with Gasteiger partial charge >= 0.3 is 6.09 Å². The minimum absolute atomic E-state index is 0.0884. The number of ether oxygens (including phenoxy) is 1. The SMILES string of the molecule is CCC(C)(C)N(C(=O)C(Cc1ccc(O)cc1)NC(=O)OC(C)(C)C)C(C(=O)Nc1ccc2ccccc2c1)c1ccccc1C. The number of carbonyl (C=O) groups is 3. The van der Waals surface area contributed by atoms with Crippen LogP contribution in [0, 0.1) is 6.92 Å². The number of alkyl carbamates (subject to hydrolysis) is 1. The van der Waals surface area contributed by atoms with Crippen LogP contribution in [0.3, 0.4) is 0 Å². The Labute approximate surface area is 271 Å². The molecule has 0 fully saturated rings. The van der Waals surface area contributed by atoms with Crippen molar-refractivity contribution in [3.05, 3.63) is 108 Å². The fourth-order valence-electron chi connectivity index (χ4n) is 5.40. The Balaban J connectivity index is 1.81. The van der Waals surface area contributed by atoms with Crippen LogP contribution in [0.25, 0.3) is 10.8 Å². The van der Waals surface area contributed by atoms with Crippen molar-refractivity contribution in [1.29, 1.82) is 0 Å². The lowest BCUT2D eigenvalue weighted by molar-refractivity contribution is -0.147. The van der Waals surface area contributed by atoms with E-state index in [1.54, 1.807) is 37.8 Å². The van der Waals surface area contributed by atoms with Crippen LogP contribution in [0.4, 0.5) is 10.5 Å². The van der Waals surface area contributed by atoms with E-state index in [0.717, 1.165) is 21.9 Å². The minimum atomic E-state index is -1.08. The highest BCUT2D eigenvalue weighted by Gasteiger charge is 2.43. The molecule has 0 saturated carbocycles. The number of phenolic OH excluding ortho intramolecular Hbond substituents is 1. The van der Waals surface area contributed by atoms with Gasteiger partial charge in [0, 0.05) is 17.6 Å². The number of aromatic hydroxyl groups is 1. The molecule has 0 heterocycles. The number of phenols is 1. The summed E-state index contributed by atoms with van der Waals surface area (Å²) in [5.41, 5.74) is 1.25. The monoisotopic (exact) mass is 623 g/mol. The summed E-state index contributed by atoms with van der Waals surface area (Å²) in [6.45, 7) is 13.0. The van der Waals surface area contributed by atoms with Crippen LogP contribution >= 0.6 is 0 Å². The summed E-state index contributed by atoms with van der Waals surface area (Å²) in [5, 5.41) is 17.8. The van der Waals surface area contributed by atoms with E-state index in [2.05, 4.69) is 10.6 Å². The maximum Gasteiger partial charge on any atom is 0.408 e. The van der Waals surface area contributed by atoms with Gasteiger partial charge in [-0.25, -0.2) is 4.79 Å². The van der Waals surface area contributed by atoms with Gasteiger partial charge in [0.1, 0.15) is 23.4 Å². The smallest absolute Gasteiger partial charge is 0.408 e. The summed E-state index contributed by atoms with van der Waals surface area (Å²) in [6.07, 6.45) is -0.101. The predicted octanol–water partition coefficient (Wildman–Crippen LogP) is 7.69. The average molecular weight is 624 g/mol. The molecule has 46 heavy (non-hydrogen) atoms. The number of amides is 3. The molecule has 2 unspecified atom stereocenters. The quantitative estimate of drug-likeness (QED) is 0.168. The summed E-state index contributed by atoms with van der Waals surface area (Å²) in [7, 11) is 0. The first-order valence-corrected chi connectivity index (χ1v) is 15.6. The van der Waals surface area contributed by atoms with Gasteiger partial charge in [-0.3, -0.25) is 9.59 Å². The second kappa shape index (κ2) is 14.1. The van der Waals surface area contributed by atoms with Crippen LogP contribution in [0.1, 0.15) is 70.7 Å². The fourth-order valence-corrected chi connectivity index (χ4v) is 5.40. The van der Waals surface area contributed by atoms with Crippen molar-refractivity contribution in [2.45, 2.75) is 84.5 Å². The van der Waals surface area contributed by atoms with Gasteiger partial charge < -0.3 is 25.4 Å². The molecule has 0 aliphatic rings. The third-order valence-corrected chi connectivity index (χ3v) is 8.13. The van der Waals surface area contributed by atoms with E-state index < -0.39 is 35.2 Å². The van der Waals surface area contributed by atoms with Gasteiger partial charge in [-0.1, -0.05) is 73.7 Å². The molecule has 4 aromatic carbocycles. The minimum Gasteiger partial charge on any atom is -0.508 e. The first-order chi connectivity index (χ1) is 21.7. The number of carbonyl (C=O) groups excluding carboxylic acids is 3. The van der Waals surface area contributed by atoms with Crippen LogP contribution in [0.2, 0.25) is 0 Å². The van der Waals surface area contributed by atoms with E-state index in [4.69, 9.17) is 4.74 Å². The zero-order chi connectivity index (χ0) is 33.6. The Bertz CT molecular complexity index is 1690. The number of benzene rings is 4. The summed E-state index contributed by atoms with van der Waals surface area (Å²) in [4.78, 5) is 44.1. The highest BCUT2D eigenvalue weighted by molar-refractivity contribution is 6.01. The molecule has 3 amide bonds. The van der Waals surface area contributed by atoms with Crippen molar-refractivity contribution >= 4 is 34.4 Å². The first-order valence-electron chi connectivity index (χ1n) is 15.6. The molecule has 0 spiro atoms. The lowest BCUT2D eigenvalue weighted by Gasteiger charge is -2.45. The van der Waals surface area contributed by atoms with Crippen LogP contribution in [0.15, 0.2) is 91.0 Å². The number of rotatable bonds is 10. The first kappa shape index (κ1) is 34.0. The maximum absolute atomic E-state index is 14.9. The molecular weight excluding hydrogens is 578 g/mol. The highest BCUT2D eigenvalue weighted by atomic mass is 16.6. The number of nitrogens with one attached hydrogen (secondary N) is 2. The maximum atomic E-state index is 14.9. The molecule has 0 bridgehead atoms. The van der Waals surface area contributed by atoms with Gasteiger partial charge in [0.05, 0.1) is 0 Å². The topological polar surface area (TPSA) is 108 Å². The molecule has 8 nitrogen and oxygen atoms in total. The molecule has 3 N–H and O–H groups in total. The Morgan fingerprint density at radius 2 is 1.48 bits per heavy atom. The van der Waals surface area contributed by atoms with Crippen LogP contribution in [-0.4, -0.2) is 45.1 Å². The van der Waals surface area contributed by atoms with Crippen molar-refractivity contribution in [2.24, 2.45) is 0 Å². The zero-order valence-corrected chi connectivity index (χ0v) is 27.8. The van der Waals surface area contributed by atoms with Crippen molar-refractivity contribution in [1.82, 2.24) is 10.2 Å². The number of anilines is 1. The molecule has 0 aliphatic carbocycles. The number of hydrogen-bond acceptors (Lipinski definition) is 5. The van der Waals surface area contributed by atoms with Gasteiger partial charge in [0.2, 0.25) is 5.91 Å². The molecular formula is C38H45N3O5. The summed E-state index contributed by atoms with van der Waals surface area (Å²) in [5.74, 6) is -0.724. The van der Waals surface area contributed by atoms with E-state index >= 15 is 0 Å². The van der Waals surface area contributed by atoms with Crippen LogP contribution in [-0.2, 0) is 20.7 Å². The van der Waals surface area contributed by atoms with E-state index in [9.17, 15) is 19.5 Å². The number of aryl methyl sites for hydroxylation is 1. The second-order valence-corrected chi connectivity index (χ2v) is 13.3. The summed E-state index contributed by atoms with van der Waals surface area (Å²) < 4.78 is 5.55. The molecule has 2 atom stereocenters. The normalized spacial score (nSPS) is 13.0. The van der Waals surface area contributed by atoms with Gasteiger partial charge in [-0.2, -0.15) is 0 Å². The molecule has 4 rings (SSSR count). The Kier molecular flexibility index (Phi) is 10.4. The average Bonchev–Trinajstić information content (AvgIpc) is 2.99. The number of fused-ring (bicyclic) bond motifs is 1. The zero-order valence-electron chi connectivity index (χ0n) is 27.8. The second-order valence-electron chi connectivity index (χ2n) is 13.3. The third-order valence-electron chi connectivity index (χ3n) is 8.13. The van der Waals surface area contributed by atoms with Gasteiger partial charge in [0.15, 0.2) is 0 Å². The standard InChI is InChI=1S/C38H45N3O5/c1-8-38(6,7)41(35(44)32(40-36(45)46-37(3,4)5)23-26-17-21-30(42)22-18-26)33(31-16-12-9-13-25(31)2)34(43)39-29-20-19-27-14-10-11-15-28(27)24-29/h9-22,24,32-33,42H,8,23H2,1-7H3,(H,39,43)(H,40,45). The number of nitrogens with zero attached hydrogens (tertiary/aromatic N) is 1. The van der Waals surface area contributed by atoms with E-state index in [0.29, 0.717) is 17.7 Å². The van der Waals surface area contributed by atoms with E-state index in [1.165, 1.54) is 12.1 Å². The molecule has 8 heteroatoms. The summed E-state index contributed by atoms with van der Waals surface area (Å²) >= 11 is 0. The molecule has 0 saturated heterocycles. The van der Waals surface area contributed by atoms with Gasteiger partial charge in [-0.15, -0.1) is 0 Å². The lowest BCUT2D eigenvalue weighted by Crippen LogP contribution is -2.59. The summed E-state index contributed by atoms with van der Waals surface area (Å²) in [6, 6.07) is 25.5. The Hall–Kier alpha value is -4.85. The number of hydrogen-bond donors (Lipinski definition) is 3. The molecule has 0 aliphatic heterocycles. The van der Waals surface area contributed by atoms with E-state index in [1.807, 2.05) is 94.4 Å². The van der Waals surface area contributed by atoms with Gasteiger partial charge in [0.25, 0.3) is 5.91 Å². The van der Waals surface area contributed by atoms with Crippen molar-refractivity contribution < 1.29 is 24.2 Å². The highest BCUT2D eigenvalue weighted by Crippen LogP contribution is 2.35. The third kappa shape index (κ3) is 8.44. The molecule has 0 aromatic heterocycles. The van der Waals surface area contributed by atoms with Crippen molar-refractivity contribution in [2.75, 3.05) is 5.32 Å². The largest absolute Gasteiger partial charge is 0.508 e. The Morgan fingerprint density at radius 1 is 0.848 bits per heavy atom.